The van der Waals surface area contributed by atoms with Crippen molar-refractivity contribution < 1.29 is 14.0 Å². The zero-order valence-corrected chi connectivity index (χ0v) is 15.3. The molecular weight excluding hydrogens is 366 g/mol. The van der Waals surface area contributed by atoms with Crippen LogP contribution in [0.5, 0.6) is 11.5 Å². The Kier molecular flexibility index (Phi) is 5.16. The fourth-order valence-corrected chi connectivity index (χ4v) is 3.08. The van der Waals surface area contributed by atoms with E-state index in [0.29, 0.717) is 0 Å². The average molecular weight is 385 g/mol. The molecule has 1 heterocycles. The third-order valence-electron chi connectivity index (χ3n) is 3.87. The molecule has 0 aliphatic carbocycles. The van der Waals surface area contributed by atoms with Crippen LogP contribution in [0.2, 0.25) is 0 Å². The van der Waals surface area contributed by atoms with Gasteiger partial charge in [-0.3, -0.25) is 0 Å². The number of pyridine rings is 1. The first-order valence-electron chi connectivity index (χ1n) is 7.66. The second-order valence-corrected chi connectivity index (χ2v) is 6.28. The molecule has 0 fully saturated rings. The number of rotatable bonds is 5. The monoisotopic (exact) mass is 384 g/mol. The van der Waals surface area contributed by atoms with E-state index in [1.54, 1.807) is 14.2 Å². The van der Waals surface area contributed by atoms with Crippen LogP contribution < -0.4 is 14.0 Å². The maximum Gasteiger partial charge on any atom is 0.176 e. The second-order valence-electron chi connectivity index (χ2n) is 5.43. The summed E-state index contributed by atoms with van der Waals surface area (Å²) >= 11 is 3.62. The Balaban J connectivity index is 1.92. The van der Waals surface area contributed by atoms with E-state index in [-0.39, 0.29) is 0 Å². The molecule has 0 aliphatic heterocycles. The molecule has 4 heteroatoms. The summed E-state index contributed by atoms with van der Waals surface area (Å²) in [5, 5.41) is 0. The van der Waals surface area contributed by atoms with Crippen LogP contribution in [-0.2, 0) is 6.54 Å². The van der Waals surface area contributed by atoms with Gasteiger partial charge in [-0.05, 0) is 23.8 Å². The highest BCUT2D eigenvalue weighted by Gasteiger charge is 2.13. The van der Waals surface area contributed by atoms with E-state index in [4.69, 9.17) is 9.47 Å². The highest BCUT2D eigenvalue weighted by molar-refractivity contribution is 9.10. The fraction of sp³-hybridized carbons (Fsp3) is 0.150. The van der Waals surface area contributed by atoms with E-state index >= 15 is 0 Å². The van der Waals surface area contributed by atoms with E-state index in [1.807, 2.05) is 18.2 Å². The van der Waals surface area contributed by atoms with Gasteiger partial charge >= 0.3 is 0 Å². The van der Waals surface area contributed by atoms with Gasteiger partial charge in [0.05, 0.1) is 14.2 Å². The van der Waals surface area contributed by atoms with Crippen LogP contribution in [0, 0.1) is 0 Å². The van der Waals surface area contributed by atoms with Crippen molar-refractivity contribution in [3.05, 3.63) is 77.0 Å². The molecule has 3 nitrogen and oxygen atoms in total. The van der Waals surface area contributed by atoms with Crippen LogP contribution >= 0.6 is 15.9 Å². The summed E-state index contributed by atoms with van der Waals surface area (Å²) in [5.41, 5.74) is 3.52. The average Bonchev–Trinajstić information content (AvgIpc) is 2.64. The lowest BCUT2D eigenvalue weighted by Gasteiger charge is -2.10. The number of aromatic nitrogens is 1. The summed E-state index contributed by atoms with van der Waals surface area (Å²) in [6.45, 7) is 0.738. The summed E-state index contributed by atoms with van der Waals surface area (Å²) in [5.74, 6) is 1.45. The molecule has 122 valence electrons. The van der Waals surface area contributed by atoms with Crippen molar-refractivity contribution in [2.75, 3.05) is 14.2 Å². The SMILES string of the molecule is COc1cc(Br)c(C[n+]2cccc(-c3ccccc3)c2)cc1OC. The first kappa shape index (κ1) is 16.5. The van der Waals surface area contributed by atoms with Gasteiger partial charge < -0.3 is 9.47 Å². The van der Waals surface area contributed by atoms with Crippen molar-refractivity contribution in [1.29, 1.82) is 0 Å². The van der Waals surface area contributed by atoms with E-state index in [0.717, 1.165) is 28.1 Å². The summed E-state index contributed by atoms with van der Waals surface area (Å²) in [4.78, 5) is 0. The van der Waals surface area contributed by atoms with Crippen molar-refractivity contribution in [3.8, 4) is 22.6 Å². The number of ether oxygens (including phenoxy) is 2. The molecule has 3 rings (SSSR count). The zero-order valence-electron chi connectivity index (χ0n) is 13.7. The number of nitrogens with zero attached hydrogens (tertiary/aromatic N) is 1. The Morgan fingerprint density at radius 3 is 2.25 bits per heavy atom. The largest absolute Gasteiger partial charge is 0.493 e. The summed E-state index contributed by atoms with van der Waals surface area (Å²) in [6, 6.07) is 18.5. The summed E-state index contributed by atoms with van der Waals surface area (Å²) in [6.07, 6.45) is 4.22. The minimum atomic E-state index is 0.719. The van der Waals surface area contributed by atoms with Gasteiger partial charge in [0, 0.05) is 21.7 Å². The molecular formula is C20H19BrNO2+. The van der Waals surface area contributed by atoms with Gasteiger partial charge in [-0.2, -0.15) is 0 Å². The highest BCUT2D eigenvalue weighted by Crippen LogP contribution is 2.33. The Bertz CT molecular complexity index is 834. The van der Waals surface area contributed by atoms with Gasteiger partial charge in [-0.1, -0.05) is 46.3 Å². The molecule has 0 unspecified atom stereocenters. The number of halogens is 1. The van der Waals surface area contributed by atoms with Gasteiger partial charge in [-0.25, -0.2) is 4.57 Å². The molecule has 0 saturated heterocycles. The second kappa shape index (κ2) is 7.49. The van der Waals surface area contributed by atoms with Gasteiger partial charge in [0.15, 0.2) is 30.4 Å². The Hall–Kier alpha value is -2.33. The van der Waals surface area contributed by atoms with Crippen LogP contribution in [0.3, 0.4) is 0 Å². The predicted octanol–water partition coefficient (Wildman–Crippen LogP) is 4.47. The molecule has 3 aromatic rings. The first-order valence-corrected chi connectivity index (χ1v) is 8.45. The molecule has 0 saturated carbocycles. The molecule has 0 bridgehead atoms. The molecule has 24 heavy (non-hydrogen) atoms. The Morgan fingerprint density at radius 1 is 0.875 bits per heavy atom. The normalized spacial score (nSPS) is 10.5. The van der Waals surface area contributed by atoms with Crippen molar-refractivity contribution in [2.24, 2.45) is 0 Å². The van der Waals surface area contributed by atoms with Crippen LogP contribution in [0.15, 0.2) is 71.5 Å². The minimum absolute atomic E-state index is 0.719. The van der Waals surface area contributed by atoms with E-state index < -0.39 is 0 Å². The van der Waals surface area contributed by atoms with E-state index in [1.165, 1.54) is 11.1 Å². The van der Waals surface area contributed by atoms with Crippen LogP contribution in [0.1, 0.15) is 5.56 Å². The molecule has 1 aromatic heterocycles. The molecule has 0 amide bonds. The number of methoxy groups -OCH3 is 2. The Labute approximate surface area is 150 Å². The number of hydrogen-bond acceptors (Lipinski definition) is 2. The number of hydrogen-bond donors (Lipinski definition) is 0. The topological polar surface area (TPSA) is 22.3 Å². The van der Waals surface area contributed by atoms with Crippen LogP contribution in [0.25, 0.3) is 11.1 Å². The van der Waals surface area contributed by atoms with Gasteiger partial charge in [0.25, 0.3) is 0 Å². The zero-order chi connectivity index (χ0) is 16.9. The lowest BCUT2D eigenvalue weighted by Crippen LogP contribution is -2.33. The minimum Gasteiger partial charge on any atom is -0.493 e. The maximum atomic E-state index is 5.41. The van der Waals surface area contributed by atoms with Crippen LogP contribution in [0.4, 0.5) is 0 Å². The Morgan fingerprint density at radius 2 is 1.54 bits per heavy atom. The summed E-state index contributed by atoms with van der Waals surface area (Å²) in [7, 11) is 3.29. The molecule has 2 aromatic carbocycles. The summed E-state index contributed by atoms with van der Waals surface area (Å²) < 4.78 is 13.9. The van der Waals surface area contributed by atoms with E-state index in [9.17, 15) is 0 Å². The molecule has 0 N–H and O–H groups in total. The molecule has 0 atom stereocenters. The molecule has 0 spiro atoms. The predicted molar refractivity (Wildman–Crippen MR) is 98.4 cm³/mol. The standard InChI is InChI=1S/C20H19BrNO2/c1-23-19-11-17(18(21)12-20(19)24-2)14-22-10-6-9-16(13-22)15-7-4-3-5-8-15/h3-13H,14H2,1-2H3/q+1. The maximum absolute atomic E-state index is 5.41. The lowest BCUT2D eigenvalue weighted by atomic mass is 10.1. The first-order chi connectivity index (χ1) is 11.7. The van der Waals surface area contributed by atoms with Gasteiger partial charge in [0.2, 0.25) is 0 Å². The third kappa shape index (κ3) is 3.60. The van der Waals surface area contributed by atoms with Crippen molar-refractivity contribution >= 4 is 15.9 Å². The lowest BCUT2D eigenvalue weighted by molar-refractivity contribution is -0.688. The van der Waals surface area contributed by atoms with Crippen molar-refractivity contribution in [3.63, 3.8) is 0 Å². The quantitative estimate of drug-likeness (QED) is 0.605. The van der Waals surface area contributed by atoms with Crippen LogP contribution in [-0.4, -0.2) is 14.2 Å². The third-order valence-corrected chi connectivity index (χ3v) is 4.61. The number of benzene rings is 2. The van der Waals surface area contributed by atoms with Crippen molar-refractivity contribution in [2.45, 2.75) is 6.54 Å². The smallest absolute Gasteiger partial charge is 0.176 e. The highest BCUT2D eigenvalue weighted by atomic mass is 79.9. The van der Waals surface area contributed by atoms with E-state index in [2.05, 4.69) is 69.3 Å². The van der Waals surface area contributed by atoms with Crippen molar-refractivity contribution in [1.82, 2.24) is 0 Å². The fourth-order valence-electron chi connectivity index (χ4n) is 2.64. The van der Waals surface area contributed by atoms with Gasteiger partial charge in [0.1, 0.15) is 0 Å². The van der Waals surface area contributed by atoms with Gasteiger partial charge in [-0.15, -0.1) is 0 Å². The molecule has 0 radical (unpaired) electrons. The molecule has 0 aliphatic rings.